The SMILES string of the molecule is CC(CN)N(C)S(=O)(=O)c1ccc(Cl)c(C#N)c1.Cl. The molecular weight excluding hydrogens is 309 g/mol. The van der Waals surface area contributed by atoms with E-state index < -0.39 is 10.0 Å². The molecule has 1 aromatic rings. The van der Waals surface area contributed by atoms with Crippen LogP contribution in [0.15, 0.2) is 23.1 Å². The molecule has 0 spiro atoms. The van der Waals surface area contributed by atoms with Crippen LogP contribution >= 0.6 is 24.0 Å². The standard InChI is InChI=1S/C11H14ClN3O2S.ClH/c1-8(6-13)15(2)18(16,17)10-3-4-11(12)9(5-10)7-14;/h3-5,8H,6,13H2,1-2H3;1H. The zero-order chi connectivity index (χ0) is 13.9. The molecule has 0 aromatic heterocycles. The van der Waals surface area contributed by atoms with Gasteiger partial charge in [-0.25, -0.2) is 8.42 Å². The van der Waals surface area contributed by atoms with E-state index in [0.29, 0.717) is 0 Å². The molecule has 0 bridgehead atoms. The van der Waals surface area contributed by atoms with Crippen LogP contribution in [-0.4, -0.2) is 32.4 Å². The summed E-state index contributed by atoms with van der Waals surface area (Å²) in [6.45, 7) is 1.92. The summed E-state index contributed by atoms with van der Waals surface area (Å²) < 4.78 is 25.6. The Labute approximate surface area is 124 Å². The molecule has 0 saturated heterocycles. The minimum Gasteiger partial charge on any atom is -0.329 e. The molecule has 0 amide bonds. The Morgan fingerprint density at radius 3 is 2.58 bits per heavy atom. The van der Waals surface area contributed by atoms with E-state index in [2.05, 4.69) is 0 Å². The third-order valence-corrected chi connectivity index (χ3v) is 4.99. The van der Waals surface area contributed by atoms with Gasteiger partial charge in [-0.3, -0.25) is 0 Å². The summed E-state index contributed by atoms with van der Waals surface area (Å²) >= 11 is 5.76. The lowest BCUT2D eigenvalue weighted by Crippen LogP contribution is -2.39. The molecule has 1 atom stereocenters. The van der Waals surface area contributed by atoms with E-state index in [4.69, 9.17) is 22.6 Å². The summed E-state index contributed by atoms with van der Waals surface area (Å²) in [6.07, 6.45) is 0. The monoisotopic (exact) mass is 323 g/mol. The Kier molecular flexibility index (Phi) is 6.77. The number of rotatable bonds is 4. The highest BCUT2D eigenvalue weighted by Gasteiger charge is 2.25. The average Bonchev–Trinajstić information content (AvgIpc) is 2.37. The number of hydrogen-bond donors (Lipinski definition) is 1. The Morgan fingerprint density at radius 1 is 1.53 bits per heavy atom. The molecule has 0 aliphatic rings. The third-order valence-electron chi connectivity index (χ3n) is 2.70. The van der Waals surface area contributed by atoms with Crippen molar-refractivity contribution in [3.05, 3.63) is 28.8 Å². The van der Waals surface area contributed by atoms with E-state index in [-0.39, 0.29) is 40.5 Å². The van der Waals surface area contributed by atoms with Gasteiger partial charge in [0.25, 0.3) is 0 Å². The molecule has 0 heterocycles. The Hall–Kier alpha value is -0.840. The van der Waals surface area contributed by atoms with Gasteiger partial charge >= 0.3 is 0 Å². The Morgan fingerprint density at radius 2 is 2.11 bits per heavy atom. The molecule has 0 saturated carbocycles. The lowest BCUT2D eigenvalue weighted by molar-refractivity contribution is 0.394. The van der Waals surface area contributed by atoms with Crippen LogP contribution in [0.2, 0.25) is 5.02 Å². The van der Waals surface area contributed by atoms with E-state index in [1.807, 2.05) is 6.07 Å². The molecule has 0 aliphatic heterocycles. The molecule has 1 rings (SSSR count). The molecule has 8 heteroatoms. The second-order valence-corrected chi connectivity index (χ2v) is 6.26. The molecule has 1 aromatic carbocycles. The second kappa shape index (κ2) is 7.08. The first-order valence-electron chi connectivity index (χ1n) is 5.22. The van der Waals surface area contributed by atoms with Gasteiger partial charge in [0.1, 0.15) is 6.07 Å². The van der Waals surface area contributed by atoms with Gasteiger partial charge in [0.15, 0.2) is 0 Å². The van der Waals surface area contributed by atoms with E-state index in [1.54, 1.807) is 6.92 Å². The Balaban J connectivity index is 0.00000324. The maximum absolute atomic E-state index is 12.2. The quantitative estimate of drug-likeness (QED) is 0.911. The van der Waals surface area contributed by atoms with Gasteiger partial charge in [0.05, 0.1) is 15.5 Å². The first kappa shape index (κ1) is 18.2. The van der Waals surface area contributed by atoms with Gasteiger partial charge in [0.2, 0.25) is 10.0 Å². The molecule has 0 radical (unpaired) electrons. The number of halogens is 2. The average molecular weight is 324 g/mol. The van der Waals surface area contributed by atoms with Crippen LogP contribution < -0.4 is 5.73 Å². The molecule has 2 N–H and O–H groups in total. The molecule has 5 nitrogen and oxygen atoms in total. The molecule has 1 unspecified atom stereocenters. The summed E-state index contributed by atoms with van der Waals surface area (Å²) in [5, 5.41) is 9.07. The summed E-state index contributed by atoms with van der Waals surface area (Å²) in [5.74, 6) is 0. The minimum absolute atomic E-state index is 0. The fraction of sp³-hybridized carbons (Fsp3) is 0.364. The van der Waals surface area contributed by atoms with Gasteiger partial charge in [-0.1, -0.05) is 11.6 Å². The lowest BCUT2D eigenvalue weighted by atomic mass is 10.2. The minimum atomic E-state index is -3.66. The van der Waals surface area contributed by atoms with Crippen LogP contribution in [0.3, 0.4) is 0 Å². The van der Waals surface area contributed by atoms with Crippen LogP contribution in [-0.2, 0) is 10.0 Å². The van der Waals surface area contributed by atoms with Crippen LogP contribution in [0.4, 0.5) is 0 Å². The number of nitriles is 1. The van der Waals surface area contributed by atoms with Crippen molar-refractivity contribution >= 4 is 34.0 Å². The van der Waals surface area contributed by atoms with Crippen molar-refractivity contribution in [3.8, 4) is 6.07 Å². The van der Waals surface area contributed by atoms with E-state index in [9.17, 15) is 8.42 Å². The maximum Gasteiger partial charge on any atom is 0.243 e. The normalized spacial score (nSPS) is 12.6. The summed E-state index contributed by atoms with van der Waals surface area (Å²) in [7, 11) is -2.20. The van der Waals surface area contributed by atoms with Crippen molar-refractivity contribution in [3.63, 3.8) is 0 Å². The number of sulfonamides is 1. The van der Waals surface area contributed by atoms with Crippen LogP contribution in [0.25, 0.3) is 0 Å². The highest BCUT2D eigenvalue weighted by molar-refractivity contribution is 7.89. The molecule has 0 aliphatic carbocycles. The Bertz CT molecular complexity index is 584. The van der Waals surface area contributed by atoms with E-state index in [0.717, 1.165) is 0 Å². The highest BCUT2D eigenvalue weighted by atomic mass is 35.5. The van der Waals surface area contributed by atoms with Crippen molar-refractivity contribution in [2.75, 3.05) is 13.6 Å². The number of hydrogen-bond acceptors (Lipinski definition) is 4. The smallest absolute Gasteiger partial charge is 0.243 e. The molecule has 19 heavy (non-hydrogen) atoms. The lowest BCUT2D eigenvalue weighted by Gasteiger charge is -2.23. The van der Waals surface area contributed by atoms with Gasteiger partial charge in [-0.15, -0.1) is 12.4 Å². The zero-order valence-electron chi connectivity index (χ0n) is 10.5. The van der Waals surface area contributed by atoms with Crippen molar-refractivity contribution < 1.29 is 8.42 Å². The zero-order valence-corrected chi connectivity index (χ0v) is 12.9. The van der Waals surface area contributed by atoms with E-state index >= 15 is 0 Å². The number of likely N-dealkylation sites (N-methyl/N-ethyl adjacent to an activating group) is 1. The largest absolute Gasteiger partial charge is 0.329 e. The van der Waals surface area contributed by atoms with Crippen molar-refractivity contribution in [1.82, 2.24) is 4.31 Å². The van der Waals surface area contributed by atoms with Crippen LogP contribution in [0, 0.1) is 11.3 Å². The number of benzene rings is 1. The first-order chi connectivity index (χ1) is 8.34. The number of nitrogens with zero attached hydrogens (tertiary/aromatic N) is 2. The second-order valence-electron chi connectivity index (χ2n) is 3.86. The van der Waals surface area contributed by atoms with Gasteiger partial charge in [-0.05, 0) is 25.1 Å². The topological polar surface area (TPSA) is 87.2 Å². The van der Waals surface area contributed by atoms with E-state index in [1.165, 1.54) is 29.6 Å². The van der Waals surface area contributed by atoms with Gasteiger partial charge < -0.3 is 5.73 Å². The summed E-state index contributed by atoms with van der Waals surface area (Å²) in [4.78, 5) is 0.0336. The van der Waals surface area contributed by atoms with Crippen molar-refractivity contribution in [2.24, 2.45) is 5.73 Å². The summed E-state index contributed by atoms with van der Waals surface area (Å²) in [6, 6.07) is 5.56. The first-order valence-corrected chi connectivity index (χ1v) is 7.04. The van der Waals surface area contributed by atoms with Crippen LogP contribution in [0.1, 0.15) is 12.5 Å². The van der Waals surface area contributed by atoms with Crippen LogP contribution in [0.5, 0.6) is 0 Å². The molecule has 0 fully saturated rings. The predicted molar refractivity (Wildman–Crippen MR) is 76.9 cm³/mol. The summed E-state index contributed by atoms with van der Waals surface area (Å²) in [5.41, 5.74) is 5.58. The molecule has 106 valence electrons. The van der Waals surface area contributed by atoms with Gasteiger partial charge in [0, 0.05) is 19.6 Å². The predicted octanol–water partition coefficient (Wildman–Crippen LogP) is 1.60. The number of nitrogens with two attached hydrogens (primary N) is 1. The third kappa shape index (κ3) is 3.81. The van der Waals surface area contributed by atoms with Crippen molar-refractivity contribution in [2.45, 2.75) is 17.9 Å². The highest BCUT2D eigenvalue weighted by Crippen LogP contribution is 2.22. The maximum atomic E-state index is 12.2. The van der Waals surface area contributed by atoms with Gasteiger partial charge in [-0.2, -0.15) is 9.57 Å². The fourth-order valence-electron chi connectivity index (χ4n) is 1.30. The van der Waals surface area contributed by atoms with Crippen molar-refractivity contribution in [1.29, 1.82) is 5.26 Å². The fourth-order valence-corrected chi connectivity index (χ4v) is 2.86. The molecular formula is C11H15Cl2N3O2S.